The van der Waals surface area contributed by atoms with Crippen molar-refractivity contribution in [2.75, 3.05) is 6.61 Å². The SMILES string of the molecule is CCOc1ccc(C(O)Cc2nccn2CC)cc1. The first-order valence-electron chi connectivity index (χ1n) is 6.65. The third-order valence-corrected chi connectivity index (χ3v) is 3.09. The first-order chi connectivity index (χ1) is 9.24. The fraction of sp³-hybridized carbons (Fsp3) is 0.400. The van der Waals surface area contributed by atoms with Gasteiger partial charge in [0.15, 0.2) is 0 Å². The van der Waals surface area contributed by atoms with Gasteiger partial charge >= 0.3 is 0 Å². The lowest BCUT2D eigenvalue weighted by Crippen LogP contribution is -2.08. The molecule has 1 N–H and O–H groups in total. The lowest BCUT2D eigenvalue weighted by Gasteiger charge is -2.12. The number of hydrogen-bond donors (Lipinski definition) is 1. The molecule has 0 saturated carbocycles. The van der Waals surface area contributed by atoms with Crippen molar-refractivity contribution >= 4 is 0 Å². The summed E-state index contributed by atoms with van der Waals surface area (Å²) < 4.78 is 7.42. The number of aryl methyl sites for hydroxylation is 1. The highest BCUT2D eigenvalue weighted by molar-refractivity contribution is 5.28. The predicted molar refractivity (Wildman–Crippen MR) is 74.2 cm³/mol. The highest BCUT2D eigenvalue weighted by Gasteiger charge is 2.12. The standard InChI is InChI=1S/C15H20N2O2/c1-3-17-10-9-16-15(17)11-14(18)12-5-7-13(8-6-12)19-4-2/h5-10,14,18H,3-4,11H2,1-2H3. The van der Waals surface area contributed by atoms with E-state index in [4.69, 9.17) is 4.74 Å². The maximum Gasteiger partial charge on any atom is 0.119 e. The molecule has 1 unspecified atom stereocenters. The van der Waals surface area contributed by atoms with Gasteiger partial charge in [0.1, 0.15) is 11.6 Å². The van der Waals surface area contributed by atoms with Crippen LogP contribution in [0, 0.1) is 0 Å². The van der Waals surface area contributed by atoms with Crippen molar-refractivity contribution in [3.05, 3.63) is 48.0 Å². The van der Waals surface area contributed by atoms with Gasteiger partial charge in [0.2, 0.25) is 0 Å². The molecule has 2 aromatic rings. The van der Waals surface area contributed by atoms with Crippen molar-refractivity contribution in [3.63, 3.8) is 0 Å². The van der Waals surface area contributed by atoms with E-state index < -0.39 is 6.10 Å². The molecule has 0 aliphatic carbocycles. The smallest absolute Gasteiger partial charge is 0.119 e. The second-order valence-electron chi connectivity index (χ2n) is 4.35. The van der Waals surface area contributed by atoms with Crippen LogP contribution in [0.5, 0.6) is 5.75 Å². The summed E-state index contributed by atoms with van der Waals surface area (Å²) in [5.41, 5.74) is 0.883. The number of hydrogen-bond acceptors (Lipinski definition) is 3. The Balaban J connectivity index is 2.05. The van der Waals surface area contributed by atoms with Crippen LogP contribution in [0.4, 0.5) is 0 Å². The van der Waals surface area contributed by atoms with Crippen molar-refractivity contribution in [1.82, 2.24) is 9.55 Å². The summed E-state index contributed by atoms with van der Waals surface area (Å²) in [5, 5.41) is 10.2. The molecule has 0 fully saturated rings. The molecule has 4 nitrogen and oxygen atoms in total. The second kappa shape index (κ2) is 6.38. The number of benzene rings is 1. The fourth-order valence-electron chi connectivity index (χ4n) is 2.06. The zero-order chi connectivity index (χ0) is 13.7. The van der Waals surface area contributed by atoms with E-state index in [9.17, 15) is 5.11 Å². The van der Waals surface area contributed by atoms with E-state index in [0.717, 1.165) is 23.7 Å². The van der Waals surface area contributed by atoms with Crippen molar-refractivity contribution in [2.45, 2.75) is 32.9 Å². The van der Waals surface area contributed by atoms with Gasteiger partial charge in [0, 0.05) is 25.4 Å². The van der Waals surface area contributed by atoms with E-state index in [1.54, 1.807) is 6.20 Å². The van der Waals surface area contributed by atoms with Gasteiger partial charge < -0.3 is 14.4 Å². The Morgan fingerprint density at radius 3 is 2.63 bits per heavy atom. The zero-order valence-corrected chi connectivity index (χ0v) is 11.4. The van der Waals surface area contributed by atoms with Crippen LogP contribution >= 0.6 is 0 Å². The molecule has 0 spiro atoms. The number of rotatable bonds is 6. The number of ether oxygens (including phenoxy) is 1. The Morgan fingerprint density at radius 2 is 2.00 bits per heavy atom. The molecule has 1 aromatic carbocycles. The number of aliphatic hydroxyl groups is 1. The molecule has 0 saturated heterocycles. The normalized spacial score (nSPS) is 12.4. The van der Waals surface area contributed by atoms with Crippen molar-refractivity contribution < 1.29 is 9.84 Å². The van der Waals surface area contributed by atoms with E-state index in [-0.39, 0.29) is 0 Å². The van der Waals surface area contributed by atoms with Gasteiger partial charge in [-0.2, -0.15) is 0 Å². The molecule has 0 aliphatic heterocycles. The minimum atomic E-state index is -0.539. The van der Waals surface area contributed by atoms with Crippen LogP contribution in [-0.4, -0.2) is 21.3 Å². The van der Waals surface area contributed by atoms with Crippen LogP contribution in [0.1, 0.15) is 31.3 Å². The predicted octanol–water partition coefficient (Wildman–Crippen LogP) is 2.58. The minimum Gasteiger partial charge on any atom is -0.494 e. The van der Waals surface area contributed by atoms with E-state index in [1.807, 2.05) is 42.0 Å². The molecule has 0 radical (unpaired) electrons. The van der Waals surface area contributed by atoms with Crippen molar-refractivity contribution in [2.24, 2.45) is 0 Å². The summed E-state index contributed by atoms with van der Waals surface area (Å²) in [7, 11) is 0. The quantitative estimate of drug-likeness (QED) is 0.868. The van der Waals surface area contributed by atoms with Crippen molar-refractivity contribution in [1.29, 1.82) is 0 Å². The summed E-state index contributed by atoms with van der Waals surface area (Å²) in [6.45, 7) is 5.53. The first kappa shape index (κ1) is 13.6. The Bertz CT molecular complexity index is 505. The average Bonchev–Trinajstić information content (AvgIpc) is 2.87. The lowest BCUT2D eigenvalue weighted by molar-refractivity contribution is 0.174. The van der Waals surface area contributed by atoms with E-state index >= 15 is 0 Å². The number of aromatic nitrogens is 2. The van der Waals surface area contributed by atoms with Gasteiger partial charge in [-0.3, -0.25) is 0 Å². The maximum absolute atomic E-state index is 10.2. The molecular weight excluding hydrogens is 240 g/mol. The van der Waals surface area contributed by atoms with Crippen LogP contribution in [0.3, 0.4) is 0 Å². The largest absolute Gasteiger partial charge is 0.494 e. The molecule has 102 valence electrons. The number of imidazole rings is 1. The summed E-state index contributed by atoms with van der Waals surface area (Å²) >= 11 is 0. The van der Waals surface area contributed by atoms with Crippen LogP contribution in [0.25, 0.3) is 0 Å². The van der Waals surface area contributed by atoms with E-state index in [0.29, 0.717) is 13.0 Å². The van der Waals surface area contributed by atoms with E-state index in [2.05, 4.69) is 11.9 Å². The Hall–Kier alpha value is -1.81. The van der Waals surface area contributed by atoms with Gasteiger partial charge in [-0.1, -0.05) is 12.1 Å². The van der Waals surface area contributed by atoms with Crippen LogP contribution < -0.4 is 4.74 Å². The zero-order valence-electron chi connectivity index (χ0n) is 11.4. The molecule has 1 heterocycles. The molecule has 0 bridgehead atoms. The van der Waals surface area contributed by atoms with Crippen LogP contribution in [0.2, 0.25) is 0 Å². The lowest BCUT2D eigenvalue weighted by atomic mass is 10.1. The second-order valence-corrected chi connectivity index (χ2v) is 4.35. The number of aliphatic hydroxyl groups excluding tert-OH is 1. The monoisotopic (exact) mass is 260 g/mol. The van der Waals surface area contributed by atoms with E-state index in [1.165, 1.54) is 0 Å². The highest BCUT2D eigenvalue weighted by atomic mass is 16.5. The molecule has 1 atom stereocenters. The Kier molecular flexibility index (Phi) is 4.58. The van der Waals surface area contributed by atoms with Crippen LogP contribution in [0.15, 0.2) is 36.7 Å². The molecule has 0 aliphatic rings. The number of nitrogens with zero attached hydrogens (tertiary/aromatic N) is 2. The third-order valence-electron chi connectivity index (χ3n) is 3.09. The maximum atomic E-state index is 10.2. The summed E-state index contributed by atoms with van der Waals surface area (Å²) in [6.07, 6.45) is 3.68. The van der Waals surface area contributed by atoms with Crippen molar-refractivity contribution in [3.8, 4) is 5.75 Å². The van der Waals surface area contributed by atoms with Gasteiger partial charge in [-0.25, -0.2) is 4.98 Å². The first-order valence-corrected chi connectivity index (χ1v) is 6.65. The molecule has 0 amide bonds. The Morgan fingerprint density at radius 1 is 1.26 bits per heavy atom. The molecular formula is C15H20N2O2. The molecule has 2 rings (SSSR count). The van der Waals surface area contributed by atoms with Gasteiger partial charge in [-0.05, 0) is 31.5 Å². The Labute approximate surface area is 113 Å². The molecule has 19 heavy (non-hydrogen) atoms. The summed E-state index contributed by atoms with van der Waals surface area (Å²) in [4.78, 5) is 4.28. The third kappa shape index (κ3) is 3.35. The molecule has 4 heteroatoms. The van der Waals surface area contributed by atoms with Gasteiger partial charge in [-0.15, -0.1) is 0 Å². The minimum absolute atomic E-state index is 0.523. The summed E-state index contributed by atoms with van der Waals surface area (Å²) in [6, 6.07) is 7.56. The fourth-order valence-corrected chi connectivity index (χ4v) is 2.06. The molecule has 1 aromatic heterocycles. The topological polar surface area (TPSA) is 47.3 Å². The summed E-state index contributed by atoms with van der Waals surface area (Å²) in [5.74, 6) is 1.73. The van der Waals surface area contributed by atoms with Gasteiger partial charge in [0.05, 0.1) is 12.7 Å². The van der Waals surface area contributed by atoms with Crippen LogP contribution in [-0.2, 0) is 13.0 Å². The average molecular weight is 260 g/mol. The van der Waals surface area contributed by atoms with Gasteiger partial charge in [0.25, 0.3) is 0 Å². The highest BCUT2D eigenvalue weighted by Crippen LogP contribution is 2.20.